The lowest BCUT2D eigenvalue weighted by Gasteiger charge is -2.57. The molecular weight excluding hydrogens is 603 g/mol. The SMILES string of the molecule is Cc1csc(C2(N(C(=O)C(F)(F)F)c3ccccc3)CCN(Cc3ccccc3)C(Cc3ccccc3)(Cc3ccccc3)C2)n1. The van der Waals surface area contributed by atoms with Gasteiger partial charge in [-0.25, -0.2) is 4.98 Å². The molecule has 4 aromatic carbocycles. The van der Waals surface area contributed by atoms with Crippen molar-refractivity contribution in [3.05, 3.63) is 154 Å². The summed E-state index contributed by atoms with van der Waals surface area (Å²) in [6.07, 6.45) is -3.40. The molecule has 1 aliphatic heterocycles. The summed E-state index contributed by atoms with van der Waals surface area (Å²) in [7, 11) is 0. The smallest absolute Gasteiger partial charge is 0.293 e. The molecule has 1 saturated heterocycles. The Balaban J connectivity index is 1.59. The molecule has 0 spiro atoms. The first kappa shape index (κ1) is 31.7. The van der Waals surface area contributed by atoms with E-state index in [0.717, 1.165) is 27.3 Å². The highest BCUT2D eigenvalue weighted by molar-refractivity contribution is 7.09. The normalized spacial score (nSPS) is 18.3. The van der Waals surface area contributed by atoms with Gasteiger partial charge in [-0.3, -0.25) is 14.6 Å². The maximum Gasteiger partial charge on any atom is 0.471 e. The van der Waals surface area contributed by atoms with E-state index >= 15 is 0 Å². The van der Waals surface area contributed by atoms with Gasteiger partial charge in [-0.05, 0) is 61.4 Å². The number of thiazole rings is 1. The fourth-order valence-corrected chi connectivity index (χ4v) is 8.03. The molecular formula is C38H36F3N3OS. The summed E-state index contributed by atoms with van der Waals surface area (Å²) in [5.74, 6) is -1.88. The molecule has 0 radical (unpaired) electrons. The van der Waals surface area contributed by atoms with Gasteiger partial charge in [0.2, 0.25) is 0 Å². The third kappa shape index (κ3) is 6.64. The summed E-state index contributed by atoms with van der Waals surface area (Å²) in [5.41, 5.74) is 2.17. The summed E-state index contributed by atoms with van der Waals surface area (Å²) >= 11 is 1.33. The number of amides is 1. The lowest BCUT2D eigenvalue weighted by Crippen LogP contribution is -2.66. The number of aryl methyl sites for hydroxylation is 1. The number of para-hydroxylation sites is 1. The van der Waals surface area contributed by atoms with Crippen LogP contribution in [0.3, 0.4) is 0 Å². The van der Waals surface area contributed by atoms with Gasteiger partial charge in [0.05, 0.1) is 0 Å². The summed E-state index contributed by atoms with van der Waals surface area (Å²) in [5, 5.41) is 2.39. The maximum absolute atomic E-state index is 14.7. The molecule has 1 aromatic heterocycles. The van der Waals surface area contributed by atoms with E-state index in [0.29, 0.717) is 30.9 Å². The van der Waals surface area contributed by atoms with Crippen molar-refractivity contribution in [2.24, 2.45) is 0 Å². The van der Waals surface area contributed by atoms with Crippen molar-refractivity contribution >= 4 is 22.9 Å². The molecule has 5 aromatic rings. The molecule has 1 unspecified atom stereocenters. The number of nitrogens with zero attached hydrogens (tertiary/aromatic N) is 3. The molecule has 0 aliphatic carbocycles. The molecule has 2 heterocycles. The minimum absolute atomic E-state index is 0.211. The molecule has 0 saturated carbocycles. The number of aromatic nitrogens is 1. The Morgan fingerprint density at radius 2 is 1.30 bits per heavy atom. The van der Waals surface area contributed by atoms with Crippen molar-refractivity contribution in [1.29, 1.82) is 0 Å². The van der Waals surface area contributed by atoms with E-state index < -0.39 is 23.2 Å². The number of anilines is 1. The molecule has 4 nitrogen and oxygen atoms in total. The molecule has 1 fully saturated rings. The molecule has 46 heavy (non-hydrogen) atoms. The number of carbonyl (C=O) groups excluding carboxylic acids is 1. The zero-order chi connectivity index (χ0) is 32.2. The molecule has 1 amide bonds. The van der Waals surface area contributed by atoms with Crippen molar-refractivity contribution in [3.63, 3.8) is 0 Å². The number of hydrogen-bond donors (Lipinski definition) is 0. The van der Waals surface area contributed by atoms with Crippen molar-refractivity contribution in [1.82, 2.24) is 9.88 Å². The van der Waals surface area contributed by atoms with Crippen LogP contribution >= 0.6 is 11.3 Å². The average molecular weight is 640 g/mol. The first-order valence-electron chi connectivity index (χ1n) is 15.4. The summed E-state index contributed by atoms with van der Waals surface area (Å²) < 4.78 is 44.0. The van der Waals surface area contributed by atoms with Crippen LogP contribution in [0.4, 0.5) is 18.9 Å². The third-order valence-corrected chi connectivity index (χ3v) is 10.1. The summed E-state index contributed by atoms with van der Waals surface area (Å²) in [6.45, 7) is 2.92. The van der Waals surface area contributed by atoms with Gasteiger partial charge in [-0.15, -0.1) is 11.3 Å². The Morgan fingerprint density at radius 1 is 0.804 bits per heavy atom. The summed E-state index contributed by atoms with van der Waals surface area (Å²) in [4.78, 5) is 22.0. The van der Waals surface area contributed by atoms with Crippen LogP contribution in [0.1, 0.15) is 40.2 Å². The van der Waals surface area contributed by atoms with E-state index in [1.807, 2.05) is 66.9 Å². The van der Waals surface area contributed by atoms with Crippen LogP contribution in [0, 0.1) is 6.92 Å². The van der Waals surface area contributed by atoms with E-state index in [-0.39, 0.29) is 18.5 Å². The topological polar surface area (TPSA) is 36.4 Å². The third-order valence-electron chi connectivity index (χ3n) is 8.96. The lowest BCUT2D eigenvalue weighted by molar-refractivity contribution is -0.173. The fourth-order valence-electron chi connectivity index (χ4n) is 7.01. The van der Waals surface area contributed by atoms with Gasteiger partial charge in [0.15, 0.2) is 0 Å². The largest absolute Gasteiger partial charge is 0.471 e. The Kier molecular flexibility index (Phi) is 9.11. The van der Waals surface area contributed by atoms with E-state index in [9.17, 15) is 18.0 Å². The molecule has 0 N–H and O–H groups in total. The molecule has 6 rings (SSSR count). The van der Waals surface area contributed by atoms with Crippen LogP contribution in [-0.2, 0) is 29.7 Å². The number of rotatable bonds is 9. The first-order chi connectivity index (χ1) is 22.2. The van der Waals surface area contributed by atoms with Crippen LogP contribution in [0.25, 0.3) is 0 Å². The van der Waals surface area contributed by atoms with Gasteiger partial charge in [0.25, 0.3) is 0 Å². The predicted molar refractivity (Wildman–Crippen MR) is 178 cm³/mol. The Morgan fingerprint density at radius 3 is 1.78 bits per heavy atom. The van der Waals surface area contributed by atoms with Crippen LogP contribution in [-0.4, -0.2) is 34.1 Å². The molecule has 236 valence electrons. The minimum Gasteiger partial charge on any atom is -0.293 e. The molecule has 8 heteroatoms. The Hall–Kier alpha value is -4.27. The van der Waals surface area contributed by atoms with Gasteiger partial charge in [-0.1, -0.05) is 109 Å². The van der Waals surface area contributed by atoms with E-state index in [1.54, 1.807) is 30.3 Å². The van der Waals surface area contributed by atoms with Gasteiger partial charge in [-0.2, -0.15) is 13.2 Å². The highest BCUT2D eigenvalue weighted by atomic mass is 32.1. The van der Waals surface area contributed by atoms with Crippen molar-refractivity contribution in [2.75, 3.05) is 11.4 Å². The monoisotopic (exact) mass is 639 g/mol. The Bertz CT molecular complexity index is 1690. The number of benzene rings is 4. The van der Waals surface area contributed by atoms with Crippen LogP contribution in [0.15, 0.2) is 127 Å². The standard InChI is InChI=1S/C38H36F3N3OS/c1-29-27-46-34(42-29)37(44(35(45)38(39,40)41)33-20-12-5-13-21-33)22-23-43(26-32-18-10-4-11-19-32)36(28-37,24-30-14-6-2-7-15-30)25-31-16-8-3-9-17-31/h2-21,27H,22-26,28H2,1H3. The molecule has 1 atom stereocenters. The van der Waals surface area contributed by atoms with E-state index in [4.69, 9.17) is 4.98 Å². The number of alkyl halides is 3. The number of carbonyl (C=O) groups is 1. The summed E-state index contributed by atoms with van der Waals surface area (Å²) in [6, 6.07) is 38.7. The van der Waals surface area contributed by atoms with Crippen molar-refractivity contribution < 1.29 is 18.0 Å². The number of piperidine rings is 1. The molecule has 0 bridgehead atoms. The first-order valence-corrected chi connectivity index (χ1v) is 16.3. The van der Waals surface area contributed by atoms with Gasteiger partial charge < -0.3 is 0 Å². The second-order valence-electron chi connectivity index (χ2n) is 12.2. The van der Waals surface area contributed by atoms with Crippen LogP contribution in [0.2, 0.25) is 0 Å². The molecule has 1 aliphatic rings. The van der Waals surface area contributed by atoms with Gasteiger partial charge in [0.1, 0.15) is 10.5 Å². The van der Waals surface area contributed by atoms with Crippen LogP contribution < -0.4 is 4.90 Å². The fraction of sp³-hybridized carbons (Fsp3) is 0.263. The Labute approximate surface area is 272 Å². The van der Waals surface area contributed by atoms with Crippen molar-refractivity contribution in [3.8, 4) is 0 Å². The van der Waals surface area contributed by atoms with E-state index in [2.05, 4.69) is 41.3 Å². The number of halogens is 3. The van der Waals surface area contributed by atoms with E-state index in [1.165, 1.54) is 11.3 Å². The zero-order valence-corrected chi connectivity index (χ0v) is 26.5. The van der Waals surface area contributed by atoms with Crippen LogP contribution in [0.5, 0.6) is 0 Å². The van der Waals surface area contributed by atoms with Gasteiger partial charge >= 0.3 is 12.1 Å². The average Bonchev–Trinajstić information content (AvgIpc) is 3.51. The lowest BCUT2D eigenvalue weighted by atomic mass is 9.68. The second-order valence-corrected chi connectivity index (χ2v) is 13.0. The highest BCUT2D eigenvalue weighted by Gasteiger charge is 2.59. The van der Waals surface area contributed by atoms with Gasteiger partial charge in [0, 0.05) is 35.4 Å². The predicted octanol–water partition coefficient (Wildman–Crippen LogP) is 8.76. The maximum atomic E-state index is 14.7. The highest BCUT2D eigenvalue weighted by Crippen LogP contribution is 2.51. The second kappa shape index (κ2) is 13.2. The number of hydrogen-bond acceptors (Lipinski definition) is 4. The zero-order valence-electron chi connectivity index (χ0n) is 25.7. The van der Waals surface area contributed by atoms with Crippen molar-refractivity contribution in [2.45, 2.75) is 56.4 Å². The quantitative estimate of drug-likeness (QED) is 0.162. The minimum atomic E-state index is -5.09. The number of likely N-dealkylation sites (tertiary alicyclic amines) is 1.